The third-order valence-corrected chi connectivity index (χ3v) is 4.56. The maximum absolute atomic E-state index is 11.6. The van der Waals surface area contributed by atoms with Crippen LogP contribution in [0.5, 0.6) is 0 Å². The fourth-order valence-electron chi connectivity index (χ4n) is 2.93. The Labute approximate surface area is 187 Å². The topological polar surface area (TPSA) is 78.0 Å². The Bertz CT molecular complexity index is 487. The van der Waals surface area contributed by atoms with Crippen LogP contribution >= 0.6 is 24.0 Å². The molecule has 0 saturated heterocycles. The summed E-state index contributed by atoms with van der Waals surface area (Å²) in [6, 6.07) is 0.825. The van der Waals surface area contributed by atoms with Crippen LogP contribution in [-0.2, 0) is 4.74 Å². The number of carbonyl (C=O) groups is 1. The van der Waals surface area contributed by atoms with Crippen LogP contribution in [0.25, 0.3) is 0 Å². The molecular formula is C20H40IN5O2. The SMILES string of the molecule is CCNC(=NCCCNC(=O)OC(C)(C)C)NCCN(CC1CC1)C1CC1.I. The highest BCUT2D eigenvalue weighted by atomic mass is 127. The molecule has 0 atom stereocenters. The second-order valence-electron chi connectivity index (χ2n) is 8.64. The van der Waals surface area contributed by atoms with Crippen molar-refractivity contribution in [3.05, 3.63) is 0 Å². The molecule has 0 aromatic heterocycles. The lowest BCUT2D eigenvalue weighted by Crippen LogP contribution is -2.42. The second kappa shape index (κ2) is 12.7. The Kier molecular flexibility index (Phi) is 11.5. The lowest BCUT2D eigenvalue weighted by Gasteiger charge is -2.22. The van der Waals surface area contributed by atoms with Crippen LogP contribution in [0.3, 0.4) is 0 Å². The van der Waals surface area contributed by atoms with Crippen molar-refractivity contribution in [3.8, 4) is 0 Å². The number of nitrogens with zero attached hydrogens (tertiary/aromatic N) is 2. The number of rotatable bonds is 11. The fourth-order valence-corrected chi connectivity index (χ4v) is 2.93. The first-order chi connectivity index (χ1) is 12.9. The first-order valence-corrected chi connectivity index (χ1v) is 10.6. The second-order valence-corrected chi connectivity index (χ2v) is 8.64. The van der Waals surface area contributed by atoms with Gasteiger partial charge in [-0.05, 0) is 65.7 Å². The average molecular weight is 509 g/mol. The molecule has 0 radical (unpaired) electrons. The van der Waals surface area contributed by atoms with Crippen LogP contribution in [-0.4, -0.2) is 67.9 Å². The molecule has 28 heavy (non-hydrogen) atoms. The molecule has 0 heterocycles. The molecule has 7 nitrogen and oxygen atoms in total. The summed E-state index contributed by atoms with van der Waals surface area (Å²) in [5.41, 5.74) is -0.460. The zero-order chi connectivity index (χ0) is 19.7. The largest absolute Gasteiger partial charge is 0.444 e. The molecule has 0 bridgehead atoms. The molecule has 0 aliphatic heterocycles. The third-order valence-electron chi connectivity index (χ3n) is 4.56. The maximum atomic E-state index is 11.6. The van der Waals surface area contributed by atoms with Crippen molar-refractivity contribution in [2.45, 2.75) is 71.4 Å². The van der Waals surface area contributed by atoms with E-state index in [0.29, 0.717) is 13.1 Å². The van der Waals surface area contributed by atoms with Crippen molar-refractivity contribution < 1.29 is 9.53 Å². The molecule has 2 aliphatic carbocycles. The summed E-state index contributed by atoms with van der Waals surface area (Å²) in [5.74, 6) is 1.81. The molecule has 3 N–H and O–H groups in total. The fraction of sp³-hybridized carbons (Fsp3) is 0.900. The highest BCUT2D eigenvalue weighted by Gasteiger charge is 2.33. The molecule has 0 aromatic carbocycles. The van der Waals surface area contributed by atoms with E-state index < -0.39 is 5.60 Å². The monoisotopic (exact) mass is 509 g/mol. The number of halogens is 1. The molecule has 0 unspecified atom stereocenters. The van der Waals surface area contributed by atoms with Crippen LogP contribution in [0.1, 0.15) is 59.8 Å². The van der Waals surface area contributed by atoms with Crippen LogP contribution in [0.4, 0.5) is 4.79 Å². The van der Waals surface area contributed by atoms with Gasteiger partial charge in [-0.15, -0.1) is 24.0 Å². The van der Waals surface area contributed by atoms with Gasteiger partial charge in [0, 0.05) is 45.3 Å². The molecular weight excluding hydrogens is 469 g/mol. The van der Waals surface area contributed by atoms with Gasteiger partial charge in [-0.1, -0.05) is 0 Å². The number of alkyl carbamates (subject to hydrolysis) is 1. The summed E-state index contributed by atoms with van der Waals surface area (Å²) in [6.07, 6.45) is 5.98. The number of ether oxygens (including phenoxy) is 1. The van der Waals surface area contributed by atoms with Crippen LogP contribution in [0.15, 0.2) is 4.99 Å². The Morgan fingerprint density at radius 1 is 1.11 bits per heavy atom. The van der Waals surface area contributed by atoms with Crippen LogP contribution in [0, 0.1) is 5.92 Å². The van der Waals surface area contributed by atoms with Gasteiger partial charge < -0.3 is 20.7 Å². The van der Waals surface area contributed by atoms with E-state index in [4.69, 9.17) is 4.74 Å². The first kappa shape index (κ1) is 25.3. The Morgan fingerprint density at radius 3 is 2.39 bits per heavy atom. The summed E-state index contributed by atoms with van der Waals surface area (Å²) in [7, 11) is 0. The molecule has 0 aromatic rings. The van der Waals surface area contributed by atoms with E-state index in [1.54, 1.807) is 0 Å². The van der Waals surface area contributed by atoms with Crippen molar-refractivity contribution in [2.75, 3.05) is 39.3 Å². The number of nitrogens with one attached hydrogen (secondary N) is 3. The molecule has 164 valence electrons. The summed E-state index contributed by atoms with van der Waals surface area (Å²) in [4.78, 5) is 18.9. The van der Waals surface area contributed by atoms with Gasteiger partial charge in [-0.25, -0.2) is 4.79 Å². The smallest absolute Gasteiger partial charge is 0.407 e. The molecule has 8 heteroatoms. The number of hydrogen-bond donors (Lipinski definition) is 3. The van der Waals surface area contributed by atoms with E-state index in [2.05, 4.69) is 32.8 Å². The van der Waals surface area contributed by atoms with Crippen molar-refractivity contribution in [2.24, 2.45) is 10.9 Å². The standard InChI is InChI=1S/C20H39N5O2.HI/c1-5-21-18(22-11-6-12-24-19(26)27-20(2,3)4)23-13-14-25(17-9-10-17)15-16-7-8-16;/h16-17H,5-15H2,1-4H3,(H,24,26)(H2,21,22,23);1H. The highest BCUT2D eigenvalue weighted by Crippen LogP contribution is 2.34. The number of carbonyl (C=O) groups excluding carboxylic acids is 1. The minimum Gasteiger partial charge on any atom is -0.444 e. The van der Waals surface area contributed by atoms with Gasteiger partial charge in [0.05, 0.1) is 0 Å². The Morgan fingerprint density at radius 2 is 1.82 bits per heavy atom. The van der Waals surface area contributed by atoms with E-state index in [9.17, 15) is 4.79 Å². The lowest BCUT2D eigenvalue weighted by atomic mass is 10.2. The summed E-state index contributed by atoms with van der Waals surface area (Å²) >= 11 is 0. The van der Waals surface area contributed by atoms with Crippen molar-refractivity contribution in [1.82, 2.24) is 20.9 Å². The van der Waals surface area contributed by atoms with Crippen molar-refractivity contribution >= 4 is 36.0 Å². The maximum Gasteiger partial charge on any atom is 0.407 e. The minimum atomic E-state index is -0.460. The molecule has 2 fully saturated rings. The van der Waals surface area contributed by atoms with Gasteiger partial charge in [0.2, 0.25) is 0 Å². The number of amides is 1. The van der Waals surface area contributed by atoms with Gasteiger partial charge in [-0.3, -0.25) is 9.89 Å². The van der Waals surface area contributed by atoms with Gasteiger partial charge >= 0.3 is 6.09 Å². The van der Waals surface area contributed by atoms with Crippen molar-refractivity contribution in [1.29, 1.82) is 0 Å². The zero-order valence-electron chi connectivity index (χ0n) is 18.1. The lowest BCUT2D eigenvalue weighted by molar-refractivity contribution is 0.0527. The zero-order valence-corrected chi connectivity index (χ0v) is 20.4. The number of hydrogen-bond acceptors (Lipinski definition) is 4. The van der Waals surface area contributed by atoms with Crippen LogP contribution < -0.4 is 16.0 Å². The normalized spacial score (nSPS) is 17.1. The van der Waals surface area contributed by atoms with E-state index in [-0.39, 0.29) is 30.1 Å². The molecule has 2 aliphatic rings. The molecule has 2 rings (SSSR count). The Hall–Kier alpha value is -0.770. The molecule has 0 spiro atoms. The summed E-state index contributed by atoms with van der Waals surface area (Å²) in [5, 5.41) is 9.51. The van der Waals surface area contributed by atoms with Gasteiger partial charge in [0.1, 0.15) is 5.60 Å². The Balaban J connectivity index is 0.00000392. The molecule has 2 saturated carbocycles. The number of aliphatic imine (C=N–C) groups is 1. The van der Waals surface area contributed by atoms with E-state index in [1.165, 1.54) is 32.2 Å². The van der Waals surface area contributed by atoms with E-state index >= 15 is 0 Å². The minimum absolute atomic E-state index is 0. The third kappa shape index (κ3) is 11.9. The predicted molar refractivity (Wildman–Crippen MR) is 126 cm³/mol. The molecule has 1 amide bonds. The quantitative estimate of drug-likeness (QED) is 0.173. The highest BCUT2D eigenvalue weighted by molar-refractivity contribution is 14.0. The van der Waals surface area contributed by atoms with Gasteiger partial charge in [0.15, 0.2) is 5.96 Å². The van der Waals surface area contributed by atoms with Crippen molar-refractivity contribution in [3.63, 3.8) is 0 Å². The average Bonchev–Trinajstić information content (AvgIpc) is 3.44. The predicted octanol–water partition coefficient (Wildman–Crippen LogP) is 2.95. The van der Waals surface area contributed by atoms with E-state index in [0.717, 1.165) is 44.0 Å². The number of guanidine groups is 1. The van der Waals surface area contributed by atoms with Crippen LogP contribution in [0.2, 0.25) is 0 Å². The van der Waals surface area contributed by atoms with E-state index in [1.807, 2.05) is 20.8 Å². The van der Waals surface area contributed by atoms with Gasteiger partial charge in [0.25, 0.3) is 0 Å². The first-order valence-electron chi connectivity index (χ1n) is 10.6. The van der Waals surface area contributed by atoms with Gasteiger partial charge in [-0.2, -0.15) is 0 Å². The summed E-state index contributed by atoms with van der Waals surface area (Å²) in [6.45, 7) is 13.0. The summed E-state index contributed by atoms with van der Waals surface area (Å²) < 4.78 is 5.22.